The van der Waals surface area contributed by atoms with E-state index in [-0.39, 0.29) is 29.5 Å². The number of fused-ring (bicyclic) bond motifs is 2. The van der Waals surface area contributed by atoms with Gasteiger partial charge in [-0.05, 0) is 36.2 Å². The maximum Gasteiger partial charge on any atom is 0.408 e. The van der Waals surface area contributed by atoms with E-state index in [9.17, 15) is 9.59 Å². The van der Waals surface area contributed by atoms with Gasteiger partial charge in [-0.1, -0.05) is 33.3 Å². The molecular formula is C18H27NO4. The van der Waals surface area contributed by atoms with Crippen molar-refractivity contribution < 1.29 is 19.1 Å². The van der Waals surface area contributed by atoms with Crippen LogP contribution in [0, 0.1) is 16.7 Å². The van der Waals surface area contributed by atoms with E-state index in [1.165, 1.54) is 13.3 Å². The summed E-state index contributed by atoms with van der Waals surface area (Å²) in [7, 11) is 0. The van der Waals surface area contributed by atoms with E-state index in [4.69, 9.17) is 9.47 Å². The maximum atomic E-state index is 11.9. The Kier molecular flexibility index (Phi) is 3.73. The van der Waals surface area contributed by atoms with Crippen LogP contribution in [0.15, 0.2) is 11.6 Å². The molecule has 0 aromatic rings. The predicted octanol–water partition coefficient (Wildman–Crippen LogP) is 3.19. The quantitative estimate of drug-likeness (QED) is 0.626. The number of carbonyl (C=O) groups is 2. The minimum absolute atomic E-state index is 0.0921. The van der Waals surface area contributed by atoms with Crippen LogP contribution in [0.2, 0.25) is 0 Å². The van der Waals surface area contributed by atoms with Crippen molar-refractivity contribution in [1.82, 2.24) is 5.32 Å². The lowest BCUT2D eigenvalue weighted by molar-refractivity contribution is -0.141. The van der Waals surface area contributed by atoms with E-state index in [2.05, 4.69) is 32.2 Å². The highest BCUT2D eigenvalue weighted by Crippen LogP contribution is 2.61. The number of alkyl carbamates (subject to hydrolysis) is 1. The van der Waals surface area contributed by atoms with Crippen LogP contribution >= 0.6 is 0 Å². The van der Waals surface area contributed by atoms with Crippen molar-refractivity contribution in [2.24, 2.45) is 16.7 Å². The normalized spacial score (nSPS) is 38.3. The molecule has 0 bridgehead atoms. The molecule has 1 amide bonds. The third-order valence-corrected chi connectivity index (χ3v) is 6.52. The fourth-order valence-electron chi connectivity index (χ4n) is 5.28. The minimum atomic E-state index is -0.555. The number of rotatable bonds is 2. The molecule has 1 spiro atoms. The van der Waals surface area contributed by atoms with E-state index in [0.29, 0.717) is 12.5 Å². The monoisotopic (exact) mass is 321 g/mol. The van der Waals surface area contributed by atoms with Gasteiger partial charge in [-0.15, -0.1) is 0 Å². The number of esters is 1. The van der Waals surface area contributed by atoms with Gasteiger partial charge < -0.3 is 14.8 Å². The van der Waals surface area contributed by atoms with Crippen molar-refractivity contribution in [1.29, 1.82) is 0 Å². The second kappa shape index (κ2) is 5.25. The number of ether oxygens (including phenoxy) is 2. The zero-order valence-electron chi connectivity index (χ0n) is 14.5. The van der Waals surface area contributed by atoms with E-state index in [1.54, 1.807) is 0 Å². The molecule has 0 aromatic heterocycles. The number of nitrogens with one attached hydrogen (secondary N) is 1. The zero-order valence-corrected chi connectivity index (χ0v) is 14.5. The third-order valence-electron chi connectivity index (χ3n) is 6.52. The van der Waals surface area contributed by atoms with Gasteiger partial charge in [0.2, 0.25) is 0 Å². The first-order chi connectivity index (χ1) is 10.7. The molecule has 2 fully saturated rings. The molecule has 1 heterocycles. The van der Waals surface area contributed by atoms with Crippen LogP contribution < -0.4 is 5.32 Å². The highest BCUT2D eigenvalue weighted by molar-refractivity contribution is 5.73. The topological polar surface area (TPSA) is 64.6 Å². The molecule has 1 unspecified atom stereocenters. The van der Waals surface area contributed by atoms with Crippen molar-refractivity contribution in [3.63, 3.8) is 0 Å². The van der Waals surface area contributed by atoms with Crippen LogP contribution in [0.1, 0.15) is 53.4 Å². The molecule has 3 rings (SSSR count). The highest BCUT2D eigenvalue weighted by Gasteiger charge is 2.63. The molecule has 1 saturated heterocycles. The highest BCUT2D eigenvalue weighted by atomic mass is 16.6. The number of hydrogen-bond acceptors (Lipinski definition) is 4. The summed E-state index contributed by atoms with van der Waals surface area (Å²) in [6.45, 7) is 8.88. The fraction of sp³-hybridized carbons (Fsp3) is 0.778. The second-order valence-electron chi connectivity index (χ2n) is 8.16. The molecule has 1 aliphatic heterocycles. The van der Waals surface area contributed by atoms with Crippen molar-refractivity contribution in [3.05, 3.63) is 11.6 Å². The Bertz CT molecular complexity index is 567. The van der Waals surface area contributed by atoms with Crippen molar-refractivity contribution in [3.8, 4) is 0 Å². The van der Waals surface area contributed by atoms with Crippen LogP contribution in [0.4, 0.5) is 4.79 Å². The lowest BCUT2D eigenvalue weighted by Gasteiger charge is -2.60. The number of allylic oxidation sites excluding steroid dienone is 1. The molecule has 3 aliphatic rings. The van der Waals surface area contributed by atoms with Gasteiger partial charge in [0.1, 0.15) is 18.8 Å². The Balaban J connectivity index is 2.03. The van der Waals surface area contributed by atoms with Gasteiger partial charge in [-0.3, -0.25) is 4.79 Å². The van der Waals surface area contributed by atoms with Crippen molar-refractivity contribution in [2.75, 3.05) is 13.2 Å². The molecule has 2 aliphatic carbocycles. The van der Waals surface area contributed by atoms with Gasteiger partial charge in [0, 0.05) is 12.3 Å². The summed E-state index contributed by atoms with van der Waals surface area (Å²) in [5.74, 6) is 0.161. The zero-order chi connectivity index (χ0) is 16.9. The molecule has 3 atom stereocenters. The summed E-state index contributed by atoms with van der Waals surface area (Å²) in [4.78, 5) is 23.2. The van der Waals surface area contributed by atoms with Gasteiger partial charge in [0.25, 0.3) is 0 Å². The van der Waals surface area contributed by atoms with Crippen molar-refractivity contribution >= 4 is 12.1 Å². The summed E-state index contributed by atoms with van der Waals surface area (Å²) in [6, 6.07) is 0. The van der Waals surface area contributed by atoms with Crippen LogP contribution in [-0.4, -0.2) is 30.8 Å². The first-order valence-corrected chi connectivity index (χ1v) is 8.49. The van der Waals surface area contributed by atoms with Crippen LogP contribution in [0.25, 0.3) is 0 Å². The van der Waals surface area contributed by atoms with Crippen LogP contribution in [0.5, 0.6) is 0 Å². The predicted molar refractivity (Wildman–Crippen MR) is 85.8 cm³/mol. The SMILES string of the molecule is CC(=O)OCC1=CCC2C(C)(C)CCC[C@]2(C)[C@@]12COC(=O)N2. The largest absolute Gasteiger partial charge is 0.461 e. The number of cyclic esters (lactones) is 1. The van der Waals surface area contributed by atoms with Gasteiger partial charge in [0.15, 0.2) is 0 Å². The molecule has 5 nitrogen and oxygen atoms in total. The first kappa shape index (κ1) is 16.3. The molecule has 0 aromatic carbocycles. The van der Waals surface area contributed by atoms with Gasteiger partial charge in [-0.2, -0.15) is 0 Å². The number of amides is 1. The summed E-state index contributed by atoms with van der Waals surface area (Å²) in [5, 5.41) is 3.10. The molecule has 23 heavy (non-hydrogen) atoms. The Labute approximate surface area is 137 Å². The van der Waals surface area contributed by atoms with E-state index in [0.717, 1.165) is 24.8 Å². The average Bonchev–Trinajstić information content (AvgIpc) is 2.83. The fourth-order valence-corrected chi connectivity index (χ4v) is 5.28. The molecule has 1 N–H and O–H groups in total. The van der Waals surface area contributed by atoms with E-state index >= 15 is 0 Å². The minimum Gasteiger partial charge on any atom is -0.461 e. The summed E-state index contributed by atoms with van der Waals surface area (Å²) < 4.78 is 10.6. The molecular weight excluding hydrogens is 294 g/mol. The Morgan fingerprint density at radius 3 is 2.74 bits per heavy atom. The third kappa shape index (κ3) is 2.36. The van der Waals surface area contributed by atoms with Gasteiger partial charge in [0.05, 0.1) is 0 Å². The molecule has 1 saturated carbocycles. The summed E-state index contributed by atoms with van der Waals surface area (Å²) >= 11 is 0. The Hall–Kier alpha value is -1.52. The van der Waals surface area contributed by atoms with Gasteiger partial charge in [-0.25, -0.2) is 4.79 Å². The lowest BCUT2D eigenvalue weighted by atomic mass is 9.46. The summed E-state index contributed by atoms with van der Waals surface area (Å²) in [5.41, 5.74) is 0.553. The molecule has 128 valence electrons. The van der Waals surface area contributed by atoms with Crippen molar-refractivity contribution in [2.45, 2.75) is 58.9 Å². The first-order valence-electron chi connectivity index (χ1n) is 8.49. The smallest absolute Gasteiger partial charge is 0.408 e. The second-order valence-corrected chi connectivity index (χ2v) is 8.16. The summed E-state index contributed by atoms with van der Waals surface area (Å²) in [6.07, 6.45) is 6.13. The van der Waals surface area contributed by atoms with Gasteiger partial charge >= 0.3 is 12.1 Å². The number of carbonyl (C=O) groups excluding carboxylic acids is 2. The Morgan fingerprint density at radius 2 is 2.13 bits per heavy atom. The van der Waals surface area contributed by atoms with E-state index < -0.39 is 5.54 Å². The molecule has 0 radical (unpaired) electrons. The molecule has 5 heteroatoms. The maximum absolute atomic E-state index is 11.9. The average molecular weight is 321 g/mol. The van der Waals surface area contributed by atoms with Crippen LogP contribution in [0.3, 0.4) is 0 Å². The standard InChI is InChI=1S/C18H27NO4/c1-12(20)22-10-13-6-7-14-16(2,3)8-5-9-17(14,4)18(13)11-23-15(21)19-18/h6,14H,5,7-11H2,1-4H3,(H,19,21)/t14?,17-,18+/m0/s1. The van der Waals surface area contributed by atoms with Crippen LogP contribution in [-0.2, 0) is 14.3 Å². The number of hydrogen-bond donors (Lipinski definition) is 1. The van der Waals surface area contributed by atoms with E-state index in [1.807, 2.05) is 0 Å². The Morgan fingerprint density at radius 1 is 1.39 bits per heavy atom. The lowest BCUT2D eigenvalue weighted by Crippen LogP contribution is -2.65.